The SMILES string of the molecule is CCN(C(=O)c1ncsc1C)C1CCS(=O)(=O)C1. The van der Waals surface area contributed by atoms with Gasteiger partial charge in [-0.15, -0.1) is 11.3 Å². The number of aryl methyl sites for hydroxylation is 1. The third-order valence-corrected chi connectivity index (χ3v) is 5.71. The highest BCUT2D eigenvalue weighted by atomic mass is 32.2. The number of hydrogen-bond donors (Lipinski definition) is 0. The van der Waals surface area contributed by atoms with E-state index in [2.05, 4.69) is 4.98 Å². The van der Waals surface area contributed by atoms with Gasteiger partial charge in [0.25, 0.3) is 5.91 Å². The Labute approximate surface area is 111 Å². The molecule has 1 saturated heterocycles. The molecule has 100 valence electrons. The van der Waals surface area contributed by atoms with Crippen LogP contribution in [-0.2, 0) is 9.84 Å². The van der Waals surface area contributed by atoms with E-state index in [1.807, 2.05) is 13.8 Å². The monoisotopic (exact) mass is 288 g/mol. The zero-order valence-electron chi connectivity index (χ0n) is 10.4. The summed E-state index contributed by atoms with van der Waals surface area (Å²) in [5.41, 5.74) is 2.09. The Kier molecular flexibility index (Phi) is 3.72. The molecule has 2 heterocycles. The van der Waals surface area contributed by atoms with Crippen molar-refractivity contribution in [2.75, 3.05) is 18.1 Å². The maximum Gasteiger partial charge on any atom is 0.273 e. The van der Waals surface area contributed by atoms with Crippen LogP contribution in [0, 0.1) is 6.92 Å². The molecule has 1 aromatic rings. The Morgan fingerprint density at radius 2 is 2.33 bits per heavy atom. The first-order chi connectivity index (χ1) is 8.44. The minimum Gasteiger partial charge on any atom is -0.334 e. The predicted octanol–water partition coefficient (Wildman–Crippen LogP) is 1.10. The molecular weight excluding hydrogens is 272 g/mol. The Morgan fingerprint density at radius 3 is 2.78 bits per heavy atom. The van der Waals surface area contributed by atoms with Crippen LogP contribution in [0.2, 0.25) is 0 Å². The average molecular weight is 288 g/mol. The lowest BCUT2D eigenvalue weighted by molar-refractivity contribution is 0.0702. The van der Waals surface area contributed by atoms with Gasteiger partial charge in [0.15, 0.2) is 9.84 Å². The first-order valence-corrected chi connectivity index (χ1v) is 8.56. The summed E-state index contributed by atoms with van der Waals surface area (Å²) in [6.45, 7) is 4.23. The van der Waals surface area contributed by atoms with Crippen LogP contribution < -0.4 is 0 Å². The van der Waals surface area contributed by atoms with Crippen molar-refractivity contribution in [3.05, 3.63) is 16.1 Å². The molecule has 0 saturated carbocycles. The lowest BCUT2D eigenvalue weighted by Crippen LogP contribution is -2.41. The van der Waals surface area contributed by atoms with Crippen molar-refractivity contribution in [2.45, 2.75) is 26.3 Å². The van der Waals surface area contributed by atoms with Gasteiger partial charge in [0.1, 0.15) is 5.69 Å². The summed E-state index contributed by atoms with van der Waals surface area (Å²) >= 11 is 1.43. The number of carbonyl (C=O) groups is 1. The third-order valence-electron chi connectivity index (χ3n) is 3.20. The topological polar surface area (TPSA) is 67.3 Å². The predicted molar refractivity (Wildman–Crippen MR) is 70.6 cm³/mol. The molecule has 18 heavy (non-hydrogen) atoms. The van der Waals surface area contributed by atoms with E-state index in [0.29, 0.717) is 18.7 Å². The van der Waals surface area contributed by atoms with E-state index in [1.54, 1.807) is 10.4 Å². The van der Waals surface area contributed by atoms with E-state index in [4.69, 9.17) is 0 Å². The second-order valence-corrected chi connectivity index (χ2v) is 7.69. The van der Waals surface area contributed by atoms with Gasteiger partial charge in [-0.05, 0) is 20.3 Å². The Balaban J connectivity index is 2.20. The maximum atomic E-state index is 12.3. The summed E-state index contributed by atoms with van der Waals surface area (Å²) in [5, 5.41) is 0. The van der Waals surface area contributed by atoms with Crippen LogP contribution in [0.25, 0.3) is 0 Å². The smallest absolute Gasteiger partial charge is 0.273 e. The van der Waals surface area contributed by atoms with E-state index in [9.17, 15) is 13.2 Å². The van der Waals surface area contributed by atoms with Gasteiger partial charge in [-0.1, -0.05) is 0 Å². The van der Waals surface area contributed by atoms with Crippen LogP contribution in [0.5, 0.6) is 0 Å². The molecule has 1 aliphatic rings. The number of rotatable bonds is 3. The number of carbonyl (C=O) groups excluding carboxylic acids is 1. The lowest BCUT2D eigenvalue weighted by atomic mass is 10.2. The van der Waals surface area contributed by atoms with Gasteiger partial charge in [-0.25, -0.2) is 13.4 Å². The highest BCUT2D eigenvalue weighted by Crippen LogP contribution is 2.21. The van der Waals surface area contributed by atoms with Gasteiger partial charge in [0.2, 0.25) is 0 Å². The standard InChI is InChI=1S/C11H16N2O3S2/c1-3-13(9-4-5-18(15,16)6-9)11(14)10-8(2)17-7-12-10/h7,9H,3-6H2,1-2H3. The van der Waals surface area contributed by atoms with Crippen LogP contribution >= 0.6 is 11.3 Å². The fourth-order valence-corrected chi connectivity index (χ4v) is 4.53. The highest BCUT2D eigenvalue weighted by molar-refractivity contribution is 7.91. The zero-order chi connectivity index (χ0) is 13.3. The number of sulfone groups is 1. The van der Waals surface area contributed by atoms with E-state index < -0.39 is 9.84 Å². The molecule has 0 bridgehead atoms. The van der Waals surface area contributed by atoms with Crippen LogP contribution in [-0.4, -0.2) is 48.3 Å². The summed E-state index contributed by atoms with van der Waals surface area (Å²) in [5.74, 6) is 0.103. The van der Waals surface area contributed by atoms with E-state index in [0.717, 1.165) is 4.88 Å². The highest BCUT2D eigenvalue weighted by Gasteiger charge is 2.35. The lowest BCUT2D eigenvalue weighted by Gasteiger charge is -2.26. The quantitative estimate of drug-likeness (QED) is 0.835. The largest absolute Gasteiger partial charge is 0.334 e. The van der Waals surface area contributed by atoms with Crippen molar-refractivity contribution < 1.29 is 13.2 Å². The van der Waals surface area contributed by atoms with Gasteiger partial charge in [-0.3, -0.25) is 4.79 Å². The molecule has 0 radical (unpaired) electrons. The second-order valence-electron chi connectivity index (χ2n) is 4.41. The average Bonchev–Trinajstić information content (AvgIpc) is 2.86. The second kappa shape index (κ2) is 4.97. The summed E-state index contributed by atoms with van der Waals surface area (Å²) in [6.07, 6.45) is 0.533. The number of hydrogen-bond acceptors (Lipinski definition) is 5. The molecule has 2 rings (SSSR count). The number of thiazole rings is 1. The fourth-order valence-electron chi connectivity index (χ4n) is 2.24. The van der Waals surface area contributed by atoms with Gasteiger partial charge in [-0.2, -0.15) is 0 Å². The summed E-state index contributed by atoms with van der Waals surface area (Å²) < 4.78 is 23.0. The summed E-state index contributed by atoms with van der Waals surface area (Å²) in [4.78, 5) is 18.9. The minimum atomic E-state index is -2.97. The Bertz CT molecular complexity index is 550. The molecule has 0 aromatic carbocycles. The number of nitrogens with zero attached hydrogens (tertiary/aromatic N) is 2. The number of amides is 1. The van der Waals surface area contributed by atoms with Crippen molar-refractivity contribution in [3.8, 4) is 0 Å². The first-order valence-electron chi connectivity index (χ1n) is 5.86. The van der Waals surface area contributed by atoms with Gasteiger partial charge >= 0.3 is 0 Å². The van der Waals surface area contributed by atoms with Crippen molar-refractivity contribution in [2.24, 2.45) is 0 Å². The molecule has 1 aromatic heterocycles. The molecule has 1 amide bonds. The molecule has 1 unspecified atom stereocenters. The molecule has 7 heteroatoms. The molecule has 0 spiro atoms. The zero-order valence-corrected chi connectivity index (χ0v) is 12.1. The fraction of sp³-hybridized carbons (Fsp3) is 0.636. The van der Waals surface area contributed by atoms with Crippen molar-refractivity contribution in [1.82, 2.24) is 9.88 Å². The van der Waals surface area contributed by atoms with Gasteiger partial charge in [0.05, 0.1) is 17.0 Å². The van der Waals surface area contributed by atoms with Crippen molar-refractivity contribution in [1.29, 1.82) is 0 Å². The van der Waals surface area contributed by atoms with Crippen LogP contribution in [0.3, 0.4) is 0 Å². The van der Waals surface area contributed by atoms with Gasteiger partial charge < -0.3 is 4.90 Å². The minimum absolute atomic E-state index is 0.0791. The first kappa shape index (κ1) is 13.5. The summed E-state index contributed by atoms with van der Waals surface area (Å²) in [6, 6.07) is -0.200. The van der Waals surface area contributed by atoms with E-state index in [1.165, 1.54) is 11.3 Å². The van der Waals surface area contributed by atoms with Crippen LogP contribution in [0.4, 0.5) is 0 Å². The molecule has 1 fully saturated rings. The molecule has 5 nitrogen and oxygen atoms in total. The van der Waals surface area contributed by atoms with E-state index in [-0.39, 0.29) is 23.5 Å². The molecule has 0 N–H and O–H groups in total. The van der Waals surface area contributed by atoms with Crippen LogP contribution in [0.1, 0.15) is 28.7 Å². The van der Waals surface area contributed by atoms with E-state index >= 15 is 0 Å². The molecule has 1 atom stereocenters. The van der Waals surface area contributed by atoms with Crippen molar-refractivity contribution >= 4 is 27.1 Å². The Hall–Kier alpha value is -0.950. The molecule has 0 aliphatic carbocycles. The molecular formula is C11H16N2O3S2. The number of aromatic nitrogens is 1. The van der Waals surface area contributed by atoms with Crippen LogP contribution in [0.15, 0.2) is 5.51 Å². The Morgan fingerprint density at radius 1 is 1.61 bits per heavy atom. The molecule has 1 aliphatic heterocycles. The third kappa shape index (κ3) is 2.56. The normalized spacial score (nSPS) is 22.0. The maximum absolute atomic E-state index is 12.3. The van der Waals surface area contributed by atoms with Gasteiger partial charge in [0, 0.05) is 17.5 Å². The van der Waals surface area contributed by atoms with Crippen molar-refractivity contribution in [3.63, 3.8) is 0 Å². The summed E-state index contributed by atoms with van der Waals surface area (Å²) in [7, 11) is -2.97.